The van der Waals surface area contributed by atoms with Gasteiger partial charge in [0, 0.05) is 6.20 Å². The highest BCUT2D eigenvalue weighted by Gasteiger charge is 2.11. The summed E-state index contributed by atoms with van der Waals surface area (Å²) >= 11 is 3.47. The molecule has 94 valence electrons. The number of rotatable bonds is 2. The zero-order valence-corrected chi connectivity index (χ0v) is 11.5. The Morgan fingerprint density at radius 3 is 2.78 bits per heavy atom. The van der Waals surface area contributed by atoms with Crippen LogP contribution < -0.4 is 5.73 Å². The number of hydrogen-bond acceptors (Lipinski definition) is 4. The van der Waals surface area contributed by atoms with Crippen LogP contribution >= 0.6 is 15.9 Å². The molecule has 2 aromatic heterocycles. The molecule has 0 saturated carbocycles. The zero-order valence-electron chi connectivity index (χ0n) is 9.92. The summed E-state index contributed by atoms with van der Waals surface area (Å²) in [7, 11) is 0. The van der Waals surface area contributed by atoms with E-state index in [1.165, 1.54) is 0 Å². The van der Waals surface area contributed by atoms with E-state index in [9.17, 15) is 0 Å². The van der Waals surface area contributed by atoms with Gasteiger partial charge in [-0.25, -0.2) is 4.68 Å². The molecule has 2 aromatic rings. The van der Waals surface area contributed by atoms with Gasteiger partial charge in [-0.15, -0.1) is 0 Å². The Balaban J connectivity index is 2.55. The summed E-state index contributed by atoms with van der Waals surface area (Å²) < 4.78 is 2.74. The molecule has 3 N–H and O–H groups in total. The van der Waals surface area contributed by atoms with Crippen molar-refractivity contribution in [2.24, 2.45) is 10.9 Å². The van der Waals surface area contributed by atoms with Gasteiger partial charge < -0.3 is 10.9 Å². The Morgan fingerprint density at radius 2 is 2.22 bits per heavy atom. The first-order chi connectivity index (χ1) is 8.54. The number of pyridine rings is 1. The summed E-state index contributed by atoms with van der Waals surface area (Å²) in [6, 6.07) is 3.51. The van der Waals surface area contributed by atoms with Crippen LogP contribution in [0.1, 0.15) is 17.1 Å². The quantitative estimate of drug-likeness (QED) is 0.383. The summed E-state index contributed by atoms with van der Waals surface area (Å²) in [6.07, 6.45) is 1.59. The molecule has 2 rings (SSSR count). The van der Waals surface area contributed by atoms with Crippen molar-refractivity contribution in [2.45, 2.75) is 13.8 Å². The number of aromatic nitrogens is 3. The number of oxime groups is 1. The van der Waals surface area contributed by atoms with Gasteiger partial charge >= 0.3 is 0 Å². The first kappa shape index (κ1) is 12.6. The fourth-order valence-electron chi connectivity index (χ4n) is 1.62. The van der Waals surface area contributed by atoms with Crippen LogP contribution in [0.3, 0.4) is 0 Å². The Kier molecular flexibility index (Phi) is 3.33. The number of nitrogens with zero attached hydrogens (tertiary/aromatic N) is 4. The number of hydrogen-bond donors (Lipinski definition) is 2. The predicted octanol–water partition coefficient (Wildman–Crippen LogP) is 1.74. The summed E-state index contributed by atoms with van der Waals surface area (Å²) in [4.78, 5) is 4.03. The molecule has 0 aromatic carbocycles. The molecule has 0 saturated heterocycles. The third-order valence-corrected chi connectivity index (χ3v) is 3.71. The largest absolute Gasteiger partial charge is 0.409 e. The van der Waals surface area contributed by atoms with E-state index in [-0.39, 0.29) is 5.84 Å². The van der Waals surface area contributed by atoms with Crippen LogP contribution in [0.2, 0.25) is 0 Å². The zero-order chi connectivity index (χ0) is 13.3. The number of nitrogens with two attached hydrogens (primary N) is 1. The first-order valence-electron chi connectivity index (χ1n) is 5.20. The standard InChI is InChI=1S/C11H12BrN5O/c1-6-10(12)7(2)17(15-6)8-3-4-14-9(5-8)11(13)16-18/h3-5,18H,1-2H3,(H2,13,16). The van der Waals surface area contributed by atoms with E-state index in [0.717, 1.165) is 21.5 Å². The minimum atomic E-state index is -0.0301. The Labute approximate surface area is 112 Å². The molecule has 0 aliphatic rings. The summed E-state index contributed by atoms with van der Waals surface area (Å²) in [5, 5.41) is 16.0. The lowest BCUT2D eigenvalue weighted by Gasteiger charge is -2.05. The van der Waals surface area contributed by atoms with Crippen LogP contribution in [0.5, 0.6) is 0 Å². The van der Waals surface area contributed by atoms with E-state index in [1.807, 2.05) is 13.8 Å². The van der Waals surface area contributed by atoms with Crippen LogP contribution in [0.15, 0.2) is 28.0 Å². The number of aryl methyl sites for hydroxylation is 1. The van der Waals surface area contributed by atoms with Crippen molar-refractivity contribution in [3.05, 3.63) is 39.9 Å². The van der Waals surface area contributed by atoms with Gasteiger partial charge in [0.15, 0.2) is 5.84 Å². The Hall–Kier alpha value is -1.89. The third kappa shape index (κ3) is 2.08. The van der Waals surface area contributed by atoms with Crippen molar-refractivity contribution in [1.82, 2.24) is 14.8 Å². The maximum Gasteiger partial charge on any atom is 0.188 e. The van der Waals surface area contributed by atoms with Gasteiger partial charge in [0.2, 0.25) is 0 Å². The average Bonchev–Trinajstić information content (AvgIpc) is 2.66. The van der Waals surface area contributed by atoms with Gasteiger partial charge in [0.05, 0.1) is 21.5 Å². The number of amidine groups is 1. The second-order valence-corrected chi connectivity index (χ2v) is 4.57. The van der Waals surface area contributed by atoms with Crippen molar-refractivity contribution >= 4 is 21.8 Å². The Morgan fingerprint density at radius 1 is 1.50 bits per heavy atom. The van der Waals surface area contributed by atoms with Crippen LogP contribution in [0.4, 0.5) is 0 Å². The van der Waals surface area contributed by atoms with E-state index in [4.69, 9.17) is 10.9 Å². The van der Waals surface area contributed by atoms with Gasteiger partial charge in [-0.2, -0.15) is 5.10 Å². The lowest BCUT2D eigenvalue weighted by molar-refractivity contribution is 0.318. The molecule has 0 spiro atoms. The van der Waals surface area contributed by atoms with Crippen LogP contribution in [-0.4, -0.2) is 25.8 Å². The fourth-order valence-corrected chi connectivity index (χ4v) is 1.86. The molecule has 0 bridgehead atoms. The molecular weight excluding hydrogens is 298 g/mol. The fraction of sp³-hybridized carbons (Fsp3) is 0.182. The van der Waals surface area contributed by atoms with Crippen molar-refractivity contribution in [2.75, 3.05) is 0 Å². The summed E-state index contributed by atoms with van der Waals surface area (Å²) in [5.74, 6) is -0.0301. The highest BCUT2D eigenvalue weighted by molar-refractivity contribution is 9.10. The molecule has 0 atom stereocenters. The average molecular weight is 310 g/mol. The normalized spacial score (nSPS) is 11.8. The summed E-state index contributed by atoms with van der Waals surface area (Å²) in [6.45, 7) is 3.87. The van der Waals surface area contributed by atoms with Gasteiger partial charge in [0.1, 0.15) is 5.69 Å². The van der Waals surface area contributed by atoms with Crippen LogP contribution in [0.25, 0.3) is 5.69 Å². The van der Waals surface area contributed by atoms with E-state index in [2.05, 4.69) is 31.2 Å². The monoisotopic (exact) mass is 309 g/mol. The lowest BCUT2D eigenvalue weighted by Crippen LogP contribution is -2.15. The third-order valence-electron chi connectivity index (χ3n) is 2.56. The molecule has 7 heteroatoms. The molecule has 0 amide bonds. The van der Waals surface area contributed by atoms with E-state index < -0.39 is 0 Å². The highest BCUT2D eigenvalue weighted by atomic mass is 79.9. The SMILES string of the molecule is Cc1nn(-c2ccnc(C(N)=NO)c2)c(C)c1Br. The van der Waals surface area contributed by atoms with Gasteiger partial charge in [-0.3, -0.25) is 4.98 Å². The molecular formula is C11H12BrN5O. The predicted molar refractivity (Wildman–Crippen MR) is 71.0 cm³/mol. The highest BCUT2D eigenvalue weighted by Crippen LogP contribution is 2.22. The molecule has 0 aliphatic carbocycles. The maximum atomic E-state index is 8.65. The minimum absolute atomic E-state index is 0.0301. The van der Waals surface area contributed by atoms with Crippen molar-refractivity contribution in [3.63, 3.8) is 0 Å². The Bertz CT molecular complexity index is 620. The van der Waals surface area contributed by atoms with Gasteiger partial charge in [-0.05, 0) is 41.9 Å². The smallest absolute Gasteiger partial charge is 0.188 e. The molecule has 2 heterocycles. The maximum absolute atomic E-state index is 8.65. The van der Waals surface area contributed by atoms with Gasteiger partial charge in [-0.1, -0.05) is 5.16 Å². The minimum Gasteiger partial charge on any atom is -0.409 e. The van der Waals surface area contributed by atoms with Crippen molar-refractivity contribution in [3.8, 4) is 5.69 Å². The van der Waals surface area contributed by atoms with Crippen LogP contribution in [-0.2, 0) is 0 Å². The van der Waals surface area contributed by atoms with E-state index >= 15 is 0 Å². The summed E-state index contributed by atoms with van der Waals surface area (Å²) in [5.41, 5.74) is 8.59. The first-order valence-corrected chi connectivity index (χ1v) is 6.00. The van der Waals surface area contributed by atoms with E-state index in [1.54, 1.807) is 23.0 Å². The molecule has 0 radical (unpaired) electrons. The second-order valence-electron chi connectivity index (χ2n) is 3.78. The number of halogens is 1. The topological polar surface area (TPSA) is 89.3 Å². The molecule has 6 nitrogen and oxygen atoms in total. The molecule has 0 fully saturated rings. The van der Waals surface area contributed by atoms with Crippen molar-refractivity contribution in [1.29, 1.82) is 0 Å². The van der Waals surface area contributed by atoms with E-state index in [0.29, 0.717) is 5.69 Å². The van der Waals surface area contributed by atoms with Crippen molar-refractivity contribution < 1.29 is 5.21 Å². The van der Waals surface area contributed by atoms with Crippen LogP contribution in [0, 0.1) is 13.8 Å². The lowest BCUT2D eigenvalue weighted by atomic mass is 10.3. The molecule has 0 unspecified atom stereocenters. The molecule has 18 heavy (non-hydrogen) atoms. The molecule has 0 aliphatic heterocycles. The van der Waals surface area contributed by atoms with Gasteiger partial charge in [0.25, 0.3) is 0 Å². The second kappa shape index (κ2) is 4.77.